The molecule has 1 aliphatic heterocycles. The van der Waals surface area contributed by atoms with E-state index < -0.39 is 0 Å². The van der Waals surface area contributed by atoms with Crippen molar-refractivity contribution in [3.63, 3.8) is 0 Å². The molecule has 5 aromatic carbocycles. The molecule has 0 bridgehead atoms. The Morgan fingerprint density at radius 1 is 0.744 bits per heavy atom. The molecular weight excluding hydrogens is 520 g/mol. The molecular formula is C41H40N2. The molecule has 6 rings (SSSR count). The van der Waals surface area contributed by atoms with E-state index in [1.807, 2.05) is 0 Å². The summed E-state index contributed by atoms with van der Waals surface area (Å²) in [6.07, 6.45) is 4.42. The Hall–Kier alpha value is -4.82. The zero-order valence-corrected chi connectivity index (χ0v) is 25.9. The number of anilines is 5. The van der Waals surface area contributed by atoms with Crippen molar-refractivity contribution in [1.29, 1.82) is 0 Å². The molecule has 0 N–H and O–H groups in total. The van der Waals surface area contributed by atoms with Crippen molar-refractivity contribution in [3.05, 3.63) is 162 Å². The van der Waals surface area contributed by atoms with E-state index in [0.717, 1.165) is 17.1 Å². The molecule has 0 aromatic heterocycles. The van der Waals surface area contributed by atoms with Gasteiger partial charge in [0.05, 0.1) is 11.4 Å². The van der Waals surface area contributed by atoms with E-state index in [2.05, 4.69) is 184 Å². The molecule has 1 heterocycles. The summed E-state index contributed by atoms with van der Waals surface area (Å²) in [4.78, 5) is 4.68. The van der Waals surface area contributed by atoms with Crippen LogP contribution in [0.5, 0.6) is 0 Å². The lowest BCUT2D eigenvalue weighted by Crippen LogP contribution is -2.30. The maximum Gasteiger partial charge on any atom is 0.0503 e. The van der Waals surface area contributed by atoms with Crippen LogP contribution in [-0.2, 0) is 5.41 Å². The lowest BCUT2D eigenvalue weighted by atomic mass is 9.73. The average Bonchev–Trinajstić information content (AvgIpc) is 3.02. The summed E-state index contributed by atoms with van der Waals surface area (Å²) in [5, 5.41) is 0. The predicted octanol–water partition coefficient (Wildman–Crippen LogP) is 11.8. The fraction of sp³-hybridized carbons (Fsp3) is 0.171. The topological polar surface area (TPSA) is 6.48 Å². The maximum absolute atomic E-state index is 4.35. The highest BCUT2D eigenvalue weighted by Crippen LogP contribution is 2.52. The van der Waals surface area contributed by atoms with Crippen molar-refractivity contribution in [2.24, 2.45) is 0 Å². The maximum atomic E-state index is 4.35. The highest BCUT2D eigenvalue weighted by molar-refractivity contribution is 5.88. The van der Waals surface area contributed by atoms with E-state index in [-0.39, 0.29) is 11.3 Å². The Morgan fingerprint density at radius 2 is 1.35 bits per heavy atom. The Morgan fingerprint density at radius 3 is 2.05 bits per heavy atom. The average molecular weight is 561 g/mol. The first-order valence-electron chi connectivity index (χ1n) is 15.2. The molecule has 2 heteroatoms. The van der Waals surface area contributed by atoms with E-state index in [0.29, 0.717) is 0 Å². The molecule has 1 atom stereocenters. The molecule has 0 aliphatic carbocycles. The zero-order chi connectivity index (χ0) is 30.1. The first kappa shape index (κ1) is 28.3. The van der Waals surface area contributed by atoms with Crippen molar-refractivity contribution in [2.75, 3.05) is 9.80 Å². The van der Waals surface area contributed by atoms with Crippen molar-refractivity contribution < 1.29 is 0 Å². The molecule has 0 saturated carbocycles. The third kappa shape index (κ3) is 5.08. The van der Waals surface area contributed by atoms with Crippen molar-refractivity contribution in [3.8, 4) is 11.1 Å². The molecule has 0 amide bonds. The van der Waals surface area contributed by atoms with Gasteiger partial charge in [0, 0.05) is 34.1 Å². The van der Waals surface area contributed by atoms with Crippen LogP contribution >= 0.6 is 0 Å². The van der Waals surface area contributed by atoms with Gasteiger partial charge in [0.15, 0.2) is 0 Å². The van der Waals surface area contributed by atoms with Gasteiger partial charge < -0.3 is 9.80 Å². The Labute approximate surface area is 257 Å². The fourth-order valence-corrected chi connectivity index (χ4v) is 6.58. The molecule has 2 nitrogen and oxygen atoms in total. The van der Waals surface area contributed by atoms with Crippen molar-refractivity contribution in [1.82, 2.24) is 0 Å². The first-order chi connectivity index (χ1) is 20.8. The van der Waals surface area contributed by atoms with Gasteiger partial charge >= 0.3 is 0 Å². The highest BCUT2D eigenvalue weighted by atomic mass is 15.2. The zero-order valence-electron chi connectivity index (χ0n) is 25.9. The molecule has 43 heavy (non-hydrogen) atoms. The minimum Gasteiger partial charge on any atom is -0.315 e. The standard InChI is InChI=1S/C41H40N2/c1-7-16-30(4)35-27-31(23-25-38(35)42(29(2)3)33-17-10-8-11-18-33)32-24-26-40-37(28-32)41(5,6)36-21-14-15-22-39(36)43(40)34-19-12-9-13-20-34/h7-28,30H,2H2,1,3-6H3/b16-7-. The summed E-state index contributed by atoms with van der Waals surface area (Å²) in [6, 6.07) is 44.0. The number of para-hydroxylation sites is 3. The van der Waals surface area contributed by atoms with Gasteiger partial charge in [0.1, 0.15) is 0 Å². The highest BCUT2D eigenvalue weighted by Gasteiger charge is 2.37. The molecule has 0 saturated heterocycles. The third-order valence-electron chi connectivity index (χ3n) is 8.71. The van der Waals surface area contributed by atoms with E-state index in [9.17, 15) is 0 Å². The fourth-order valence-electron chi connectivity index (χ4n) is 6.58. The van der Waals surface area contributed by atoms with E-state index in [1.54, 1.807) is 0 Å². The van der Waals surface area contributed by atoms with Gasteiger partial charge in [-0.2, -0.15) is 0 Å². The smallest absolute Gasteiger partial charge is 0.0503 e. The minimum absolute atomic E-state index is 0.154. The van der Waals surface area contributed by atoms with Crippen LogP contribution in [0.1, 0.15) is 57.2 Å². The molecule has 0 fully saturated rings. The van der Waals surface area contributed by atoms with Crippen LogP contribution in [-0.4, -0.2) is 0 Å². The summed E-state index contributed by atoms with van der Waals surface area (Å²) in [7, 11) is 0. The van der Waals surface area contributed by atoms with Crippen LogP contribution in [0.4, 0.5) is 28.4 Å². The quantitative estimate of drug-likeness (QED) is 0.183. The number of nitrogens with zero attached hydrogens (tertiary/aromatic N) is 2. The van der Waals surface area contributed by atoms with Gasteiger partial charge in [0.25, 0.3) is 0 Å². The Bertz CT molecular complexity index is 1800. The van der Waals surface area contributed by atoms with E-state index >= 15 is 0 Å². The molecule has 0 spiro atoms. The first-order valence-corrected chi connectivity index (χ1v) is 15.2. The number of benzene rings is 5. The predicted molar refractivity (Wildman–Crippen MR) is 185 cm³/mol. The summed E-state index contributed by atoms with van der Waals surface area (Å²) >= 11 is 0. The Balaban J connectivity index is 1.51. The monoisotopic (exact) mass is 560 g/mol. The second-order valence-corrected chi connectivity index (χ2v) is 12.0. The van der Waals surface area contributed by atoms with Crippen LogP contribution in [0.15, 0.2) is 146 Å². The second-order valence-electron chi connectivity index (χ2n) is 12.0. The number of hydrogen-bond acceptors (Lipinski definition) is 2. The summed E-state index contributed by atoms with van der Waals surface area (Å²) in [5.41, 5.74) is 13.1. The van der Waals surface area contributed by atoms with Gasteiger partial charge in [-0.1, -0.05) is 106 Å². The number of rotatable bonds is 7. The van der Waals surface area contributed by atoms with Crippen LogP contribution in [0.25, 0.3) is 11.1 Å². The SMILES string of the molecule is C=C(C)N(c1ccccc1)c1ccc(-c2ccc3c(c2)C(C)(C)c2ccccc2N3c2ccccc2)cc1C(C)/C=C\C. The molecule has 5 aromatic rings. The number of hydrogen-bond donors (Lipinski definition) is 0. The normalized spacial score (nSPS) is 14.2. The van der Waals surface area contributed by atoms with Gasteiger partial charge in [-0.15, -0.1) is 0 Å². The summed E-state index contributed by atoms with van der Waals surface area (Å²) in [6.45, 7) is 15.5. The summed E-state index contributed by atoms with van der Waals surface area (Å²) in [5.74, 6) is 0.236. The lowest BCUT2D eigenvalue weighted by molar-refractivity contribution is 0.632. The molecule has 1 unspecified atom stereocenters. The van der Waals surface area contributed by atoms with E-state index in [1.165, 1.54) is 44.9 Å². The molecule has 214 valence electrons. The number of allylic oxidation sites excluding steroid dienone is 3. The van der Waals surface area contributed by atoms with Gasteiger partial charge in [-0.05, 0) is 96.3 Å². The molecule has 0 radical (unpaired) electrons. The second kappa shape index (κ2) is 11.5. The van der Waals surface area contributed by atoms with Crippen LogP contribution in [0, 0.1) is 0 Å². The van der Waals surface area contributed by atoms with Crippen LogP contribution < -0.4 is 9.80 Å². The van der Waals surface area contributed by atoms with Crippen LogP contribution in [0.2, 0.25) is 0 Å². The lowest BCUT2D eigenvalue weighted by Gasteiger charge is -2.42. The van der Waals surface area contributed by atoms with Gasteiger partial charge in [0.2, 0.25) is 0 Å². The Kier molecular flexibility index (Phi) is 7.54. The number of fused-ring (bicyclic) bond motifs is 2. The van der Waals surface area contributed by atoms with Gasteiger partial charge in [-0.3, -0.25) is 0 Å². The van der Waals surface area contributed by atoms with E-state index in [4.69, 9.17) is 0 Å². The van der Waals surface area contributed by atoms with Crippen molar-refractivity contribution in [2.45, 2.75) is 46.0 Å². The van der Waals surface area contributed by atoms with Crippen LogP contribution in [0.3, 0.4) is 0 Å². The summed E-state index contributed by atoms with van der Waals surface area (Å²) < 4.78 is 0. The van der Waals surface area contributed by atoms with Gasteiger partial charge in [-0.25, -0.2) is 0 Å². The minimum atomic E-state index is -0.154. The largest absolute Gasteiger partial charge is 0.315 e. The van der Waals surface area contributed by atoms with Crippen molar-refractivity contribution >= 4 is 28.4 Å². The molecule has 1 aliphatic rings. The third-order valence-corrected chi connectivity index (χ3v) is 8.71.